The number of hydrogen-bond donors (Lipinski definition) is 3. The Morgan fingerprint density at radius 1 is 1.32 bits per heavy atom. The number of nitrogens with one attached hydrogen (secondary N) is 2. The van der Waals surface area contributed by atoms with Gasteiger partial charge in [0.15, 0.2) is 12.4 Å². The van der Waals surface area contributed by atoms with Crippen molar-refractivity contribution in [2.75, 3.05) is 6.54 Å². The molecule has 0 saturated heterocycles. The van der Waals surface area contributed by atoms with Crippen LogP contribution in [0.4, 0.5) is 0 Å². The molecule has 1 saturated carbocycles. The maximum Gasteiger partial charge on any atom is 0.257 e. The summed E-state index contributed by atoms with van der Waals surface area (Å²) < 4.78 is 0.564. The third-order valence-corrected chi connectivity index (χ3v) is 4.03. The first-order valence-electron chi connectivity index (χ1n) is 7.88. The fraction of sp³-hybridized carbons (Fsp3) is 0.294. The van der Waals surface area contributed by atoms with Crippen LogP contribution in [0.15, 0.2) is 42.9 Å². The Bertz CT molecular complexity index is 787. The summed E-state index contributed by atoms with van der Waals surface area (Å²) in [5.74, 6) is -0.501. The fourth-order valence-corrected chi connectivity index (χ4v) is 2.46. The number of nitrogens with zero attached hydrogens (tertiary/aromatic N) is 2. The monoisotopic (exact) mass is 342 g/mol. The third kappa shape index (κ3) is 4.43. The molecule has 0 aliphatic heterocycles. The molecule has 8 nitrogen and oxygen atoms in total. The van der Waals surface area contributed by atoms with E-state index in [9.17, 15) is 19.9 Å². The summed E-state index contributed by atoms with van der Waals surface area (Å²) in [6.07, 6.45) is 5.44. The first-order valence-corrected chi connectivity index (χ1v) is 7.88. The van der Waals surface area contributed by atoms with Crippen LogP contribution in [0.2, 0.25) is 0 Å². The second kappa shape index (κ2) is 6.76. The van der Waals surface area contributed by atoms with Crippen molar-refractivity contribution in [3.63, 3.8) is 0 Å². The maximum atomic E-state index is 12.1. The molecular formula is C17H18N4O4. The number of rotatable bonds is 6. The van der Waals surface area contributed by atoms with Gasteiger partial charge in [-0.1, -0.05) is 0 Å². The molecule has 0 aromatic carbocycles. The van der Waals surface area contributed by atoms with Gasteiger partial charge in [-0.2, -0.15) is 4.73 Å². The Labute approximate surface area is 144 Å². The number of pyridine rings is 2. The van der Waals surface area contributed by atoms with Gasteiger partial charge in [0.25, 0.3) is 5.91 Å². The highest BCUT2D eigenvalue weighted by atomic mass is 16.5. The first-order chi connectivity index (χ1) is 12.0. The largest absolute Gasteiger partial charge is 0.619 e. The van der Waals surface area contributed by atoms with E-state index in [4.69, 9.17) is 0 Å². The van der Waals surface area contributed by atoms with E-state index in [0.29, 0.717) is 17.0 Å². The predicted octanol–water partition coefficient (Wildman–Crippen LogP) is 0.0419. The van der Waals surface area contributed by atoms with Gasteiger partial charge in [0, 0.05) is 18.3 Å². The highest BCUT2D eigenvalue weighted by molar-refractivity contribution is 5.93. The van der Waals surface area contributed by atoms with Gasteiger partial charge in [-0.3, -0.25) is 14.6 Å². The molecule has 3 N–H and O–H groups in total. The van der Waals surface area contributed by atoms with Gasteiger partial charge in [-0.05, 0) is 31.0 Å². The van der Waals surface area contributed by atoms with Gasteiger partial charge >= 0.3 is 0 Å². The van der Waals surface area contributed by atoms with E-state index >= 15 is 0 Å². The normalized spacial score (nSPS) is 14.6. The number of carbonyl (C=O) groups excluding carboxylic acids is 2. The van der Waals surface area contributed by atoms with E-state index in [1.54, 1.807) is 12.1 Å². The number of hydrogen-bond acceptors (Lipinski definition) is 5. The summed E-state index contributed by atoms with van der Waals surface area (Å²) in [5.41, 5.74) is 0.388. The van der Waals surface area contributed by atoms with Gasteiger partial charge < -0.3 is 20.9 Å². The van der Waals surface area contributed by atoms with Crippen LogP contribution >= 0.6 is 0 Å². The van der Waals surface area contributed by atoms with Crippen molar-refractivity contribution >= 4 is 11.8 Å². The summed E-state index contributed by atoms with van der Waals surface area (Å²) in [6.45, 7) is 0.300. The Morgan fingerprint density at radius 2 is 2.12 bits per heavy atom. The van der Waals surface area contributed by atoms with Crippen molar-refractivity contribution in [3.05, 3.63) is 59.3 Å². The number of aromatic nitrogens is 2. The molecule has 2 heterocycles. The molecule has 130 valence electrons. The lowest BCUT2D eigenvalue weighted by atomic mass is 10.2. The molecule has 0 radical (unpaired) electrons. The Hall–Kier alpha value is -3.16. The zero-order valence-corrected chi connectivity index (χ0v) is 13.4. The molecule has 2 aromatic rings. The quantitative estimate of drug-likeness (QED) is 0.506. The minimum Gasteiger partial charge on any atom is -0.619 e. The Balaban J connectivity index is 1.51. The van der Waals surface area contributed by atoms with Gasteiger partial charge in [-0.15, -0.1) is 0 Å². The van der Waals surface area contributed by atoms with E-state index in [2.05, 4.69) is 15.6 Å². The van der Waals surface area contributed by atoms with E-state index in [1.165, 1.54) is 30.7 Å². The predicted molar refractivity (Wildman–Crippen MR) is 87.4 cm³/mol. The summed E-state index contributed by atoms with van der Waals surface area (Å²) in [7, 11) is 0. The van der Waals surface area contributed by atoms with Gasteiger partial charge in [0.1, 0.15) is 11.3 Å². The van der Waals surface area contributed by atoms with E-state index in [-0.39, 0.29) is 29.5 Å². The molecule has 2 amide bonds. The van der Waals surface area contributed by atoms with Crippen LogP contribution < -0.4 is 15.4 Å². The van der Waals surface area contributed by atoms with Crippen molar-refractivity contribution in [1.82, 2.24) is 15.6 Å². The lowest BCUT2D eigenvalue weighted by Crippen LogP contribution is -2.46. The molecule has 25 heavy (non-hydrogen) atoms. The molecule has 2 aromatic heterocycles. The lowest BCUT2D eigenvalue weighted by molar-refractivity contribution is -0.605. The van der Waals surface area contributed by atoms with E-state index < -0.39 is 5.54 Å². The Kier molecular flexibility index (Phi) is 4.51. The molecule has 3 rings (SSSR count). The molecule has 0 bridgehead atoms. The highest BCUT2D eigenvalue weighted by Gasteiger charge is 2.44. The second-order valence-corrected chi connectivity index (χ2v) is 6.15. The SMILES string of the molecule is O=C(Cc1ccc(O)cn1)NC1(CNC(=O)c2ccc[n+]([O-])c2)CC1. The minimum atomic E-state index is -0.439. The molecule has 1 aliphatic rings. The minimum absolute atomic E-state index is 0.0471. The lowest BCUT2D eigenvalue weighted by Gasteiger charge is -2.18. The zero-order valence-electron chi connectivity index (χ0n) is 13.4. The summed E-state index contributed by atoms with van der Waals surface area (Å²) >= 11 is 0. The van der Waals surface area contributed by atoms with Crippen LogP contribution in [0.5, 0.6) is 5.75 Å². The second-order valence-electron chi connectivity index (χ2n) is 6.15. The van der Waals surface area contributed by atoms with Gasteiger partial charge in [-0.25, -0.2) is 0 Å². The molecule has 1 aliphatic carbocycles. The smallest absolute Gasteiger partial charge is 0.257 e. The van der Waals surface area contributed by atoms with Gasteiger partial charge in [0.2, 0.25) is 5.91 Å². The molecule has 8 heteroatoms. The van der Waals surface area contributed by atoms with Gasteiger partial charge in [0.05, 0.1) is 18.2 Å². The van der Waals surface area contributed by atoms with Crippen LogP contribution in [0.1, 0.15) is 28.9 Å². The standard InChI is InChI=1S/C17H18N4O4/c22-14-4-3-13(18-9-14)8-15(23)20-17(5-6-17)11-19-16(24)12-2-1-7-21(25)10-12/h1-4,7,9-10,22H,5-6,8,11H2,(H,19,24)(H,20,23). The highest BCUT2D eigenvalue weighted by Crippen LogP contribution is 2.34. The maximum absolute atomic E-state index is 12.1. The summed E-state index contributed by atoms with van der Waals surface area (Å²) in [4.78, 5) is 28.2. The van der Waals surface area contributed by atoms with E-state index in [0.717, 1.165) is 12.8 Å². The average Bonchev–Trinajstić information content (AvgIpc) is 3.34. The topological polar surface area (TPSA) is 118 Å². The van der Waals surface area contributed by atoms with Crippen LogP contribution in [0.25, 0.3) is 0 Å². The van der Waals surface area contributed by atoms with Crippen molar-refractivity contribution in [3.8, 4) is 5.75 Å². The molecule has 0 spiro atoms. The van der Waals surface area contributed by atoms with Crippen molar-refractivity contribution in [1.29, 1.82) is 0 Å². The first kappa shape index (κ1) is 16.7. The average molecular weight is 342 g/mol. The van der Waals surface area contributed by atoms with Crippen molar-refractivity contribution in [2.24, 2.45) is 0 Å². The fourth-order valence-electron chi connectivity index (χ4n) is 2.46. The van der Waals surface area contributed by atoms with Crippen molar-refractivity contribution in [2.45, 2.75) is 24.8 Å². The summed E-state index contributed by atoms with van der Waals surface area (Å²) in [6, 6.07) is 6.12. The van der Waals surface area contributed by atoms with Crippen LogP contribution in [-0.4, -0.2) is 34.0 Å². The number of amides is 2. The van der Waals surface area contributed by atoms with Crippen LogP contribution in [-0.2, 0) is 11.2 Å². The van der Waals surface area contributed by atoms with Crippen molar-refractivity contribution < 1.29 is 19.4 Å². The molecule has 0 unspecified atom stereocenters. The Morgan fingerprint density at radius 3 is 2.76 bits per heavy atom. The van der Waals surface area contributed by atoms with Crippen LogP contribution in [0, 0.1) is 5.21 Å². The molecular weight excluding hydrogens is 324 g/mol. The van der Waals surface area contributed by atoms with E-state index in [1.807, 2.05) is 0 Å². The zero-order chi connectivity index (χ0) is 17.9. The third-order valence-electron chi connectivity index (χ3n) is 4.03. The molecule has 1 fully saturated rings. The molecule has 0 atom stereocenters. The number of carbonyl (C=O) groups is 2. The summed E-state index contributed by atoms with van der Waals surface area (Å²) in [5, 5.41) is 26.1. The number of aromatic hydroxyl groups is 1. The van der Waals surface area contributed by atoms with Crippen LogP contribution in [0.3, 0.4) is 0 Å².